The Hall–Kier alpha value is -0.740. The van der Waals surface area contributed by atoms with Crippen molar-refractivity contribution in [2.75, 3.05) is 5.32 Å². The molecule has 114 valence electrons. The van der Waals surface area contributed by atoms with Crippen LogP contribution in [0.15, 0.2) is 12.1 Å². The van der Waals surface area contributed by atoms with Crippen molar-refractivity contribution < 1.29 is 13.5 Å². The van der Waals surface area contributed by atoms with E-state index in [9.17, 15) is 8.78 Å². The monoisotopic (exact) mass is 325 g/mol. The third kappa shape index (κ3) is 5.33. The summed E-state index contributed by atoms with van der Waals surface area (Å²) in [5.41, 5.74) is 0.716. The number of anilines is 1. The van der Waals surface area contributed by atoms with Crippen LogP contribution in [-0.2, 0) is 0 Å². The molecule has 0 bridgehead atoms. The first-order valence-corrected chi connectivity index (χ1v) is 7.43. The quantitative estimate of drug-likeness (QED) is 0.635. The van der Waals surface area contributed by atoms with Gasteiger partial charge in [0.25, 0.3) is 0 Å². The van der Waals surface area contributed by atoms with Crippen molar-refractivity contribution in [3.8, 4) is 5.75 Å². The standard InChI is InChI=1S/C14H19Cl2F2NO/c1-3-5-9(6-4-2)19-10-7-11(15)13(12(16)8-10)20-14(17)18/h7-9,14,19H,3-6H2,1-2H3. The highest BCUT2D eigenvalue weighted by atomic mass is 35.5. The van der Waals surface area contributed by atoms with Crippen molar-refractivity contribution in [1.29, 1.82) is 0 Å². The van der Waals surface area contributed by atoms with E-state index in [4.69, 9.17) is 23.2 Å². The summed E-state index contributed by atoms with van der Waals surface area (Å²) >= 11 is 11.9. The molecule has 0 spiro atoms. The number of rotatable bonds is 8. The molecule has 0 unspecified atom stereocenters. The van der Waals surface area contributed by atoms with Crippen LogP contribution in [0.3, 0.4) is 0 Å². The number of halogens is 4. The van der Waals surface area contributed by atoms with Crippen molar-refractivity contribution in [2.45, 2.75) is 52.2 Å². The van der Waals surface area contributed by atoms with Crippen LogP contribution in [0.1, 0.15) is 39.5 Å². The average Bonchev–Trinajstić information content (AvgIpc) is 2.34. The van der Waals surface area contributed by atoms with Gasteiger partial charge >= 0.3 is 6.61 Å². The molecule has 1 N–H and O–H groups in total. The zero-order valence-electron chi connectivity index (χ0n) is 11.6. The second-order valence-electron chi connectivity index (χ2n) is 4.57. The third-order valence-electron chi connectivity index (χ3n) is 2.85. The fourth-order valence-corrected chi connectivity index (χ4v) is 2.64. The van der Waals surface area contributed by atoms with Gasteiger partial charge in [-0.05, 0) is 25.0 Å². The van der Waals surface area contributed by atoms with Crippen LogP contribution < -0.4 is 10.1 Å². The van der Waals surface area contributed by atoms with E-state index < -0.39 is 6.61 Å². The van der Waals surface area contributed by atoms with E-state index in [0.717, 1.165) is 25.7 Å². The second kappa shape index (κ2) is 8.53. The first-order valence-electron chi connectivity index (χ1n) is 6.68. The topological polar surface area (TPSA) is 21.3 Å². The Balaban J connectivity index is 2.86. The zero-order chi connectivity index (χ0) is 15.1. The van der Waals surface area contributed by atoms with Crippen LogP contribution in [0.25, 0.3) is 0 Å². The molecular weight excluding hydrogens is 307 g/mol. The number of benzene rings is 1. The largest absolute Gasteiger partial charge is 0.432 e. The summed E-state index contributed by atoms with van der Waals surface area (Å²) in [5, 5.41) is 3.48. The van der Waals surface area contributed by atoms with Gasteiger partial charge in [0.05, 0.1) is 10.0 Å². The van der Waals surface area contributed by atoms with Gasteiger partial charge < -0.3 is 10.1 Å². The first-order chi connectivity index (χ1) is 9.47. The molecule has 0 saturated carbocycles. The maximum absolute atomic E-state index is 12.2. The van der Waals surface area contributed by atoms with Crippen molar-refractivity contribution in [3.63, 3.8) is 0 Å². The molecule has 0 saturated heterocycles. The van der Waals surface area contributed by atoms with Crippen LogP contribution in [0.4, 0.5) is 14.5 Å². The van der Waals surface area contributed by atoms with E-state index in [1.54, 1.807) is 12.1 Å². The third-order valence-corrected chi connectivity index (χ3v) is 3.41. The van der Waals surface area contributed by atoms with Crippen LogP contribution in [0, 0.1) is 0 Å². The lowest BCUT2D eigenvalue weighted by molar-refractivity contribution is -0.0497. The molecule has 1 aromatic carbocycles. The maximum atomic E-state index is 12.2. The summed E-state index contributed by atoms with van der Waals surface area (Å²) in [6, 6.07) is 3.44. The van der Waals surface area contributed by atoms with Crippen LogP contribution in [0.2, 0.25) is 10.0 Å². The molecule has 0 aliphatic carbocycles. The van der Waals surface area contributed by atoms with E-state index in [2.05, 4.69) is 23.9 Å². The van der Waals surface area contributed by atoms with Gasteiger partial charge in [-0.25, -0.2) is 0 Å². The van der Waals surface area contributed by atoms with Crippen LogP contribution in [-0.4, -0.2) is 12.7 Å². The van der Waals surface area contributed by atoms with Gasteiger partial charge in [-0.15, -0.1) is 0 Å². The second-order valence-corrected chi connectivity index (χ2v) is 5.38. The number of hydrogen-bond donors (Lipinski definition) is 1. The Labute approximate surface area is 128 Å². The van der Waals surface area contributed by atoms with Crippen molar-refractivity contribution in [2.24, 2.45) is 0 Å². The minimum atomic E-state index is -2.95. The molecular formula is C14H19Cl2F2NO. The van der Waals surface area contributed by atoms with E-state index in [1.807, 2.05) is 0 Å². The molecule has 0 atom stereocenters. The van der Waals surface area contributed by atoms with Crippen LogP contribution in [0.5, 0.6) is 5.75 Å². The molecule has 1 rings (SSSR count). The number of alkyl halides is 2. The predicted molar refractivity (Wildman–Crippen MR) is 80.3 cm³/mol. The molecule has 0 fully saturated rings. The van der Waals surface area contributed by atoms with E-state index >= 15 is 0 Å². The Morgan fingerprint density at radius 2 is 1.60 bits per heavy atom. The van der Waals surface area contributed by atoms with E-state index in [0.29, 0.717) is 11.7 Å². The van der Waals surface area contributed by atoms with Gasteiger partial charge in [0.1, 0.15) is 0 Å². The summed E-state index contributed by atoms with van der Waals surface area (Å²) in [6.45, 7) is 1.28. The van der Waals surface area contributed by atoms with Gasteiger partial charge in [0.2, 0.25) is 0 Å². The molecule has 1 aromatic rings. The Morgan fingerprint density at radius 3 is 2.00 bits per heavy atom. The molecule has 6 heteroatoms. The highest BCUT2D eigenvalue weighted by Crippen LogP contribution is 2.37. The van der Waals surface area contributed by atoms with Gasteiger partial charge in [-0.1, -0.05) is 49.9 Å². The molecule has 0 heterocycles. The van der Waals surface area contributed by atoms with Crippen molar-refractivity contribution in [1.82, 2.24) is 0 Å². The van der Waals surface area contributed by atoms with Crippen LogP contribution >= 0.6 is 23.2 Å². The average molecular weight is 326 g/mol. The van der Waals surface area contributed by atoms with Gasteiger partial charge in [-0.3, -0.25) is 0 Å². The molecule has 0 radical (unpaired) electrons. The number of hydrogen-bond acceptors (Lipinski definition) is 2. The fourth-order valence-electron chi connectivity index (χ4n) is 2.07. The van der Waals surface area contributed by atoms with Gasteiger partial charge in [0.15, 0.2) is 5.75 Å². The summed E-state index contributed by atoms with van der Waals surface area (Å²) in [7, 11) is 0. The van der Waals surface area contributed by atoms with Crippen molar-refractivity contribution >= 4 is 28.9 Å². The lowest BCUT2D eigenvalue weighted by atomic mass is 10.1. The summed E-state index contributed by atoms with van der Waals surface area (Å²) in [5.74, 6) is -0.184. The summed E-state index contributed by atoms with van der Waals surface area (Å²) in [4.78, 5) is 0. The normalized spacial score (nSPS) is 11.2. The number of nitrogens with one attached hydrogen (secondary N) is 1. The highest BCUT2D eigenvalue weighted by molar-refractivity contribution is 6.37. The minimum Gasteiger partial charge on any atom is -0.432 e. The summed E-state index contributed by atoms with van der Waals surface area (Å²) in [6.07, 6.45) is 4.17. The van der Waals surface area contributed by atoms with E-state index in [-0.39, 0.29) is 15.8 Å². The molecule has 0 aromatic heterocycles. The summed E-state index contributed by atoms with van der Waals surface area (Å²) < 4.78 is 28.8. The number of ether oxygens (including phenoxy) is 1. The molecule has 0 aliphatic rings. The minimum absolute atomic E-state index is 0.0760. The molecule has 0 aliphatic heterocycles. The smallest absolute Gasteiger partial charge is 0.387 e. The predicted octanol–water partition coefficient (Wildman–Crippen LogP) is 5.98. The highest BCUT2D eigenvalue weighted by Gasteiger charge is 2.15. The van der Waals surface area contributed by atoms with Gasteiger partial charge in [0, 0.05) is 11.7 Å². The zero-order valence-corrected chi connectivity index (χ0v) is 13.1. The molecule has 0 amide bonds. The molecule has 2 nitrogen and oxygen atoms in total. The lowest BCUT2D eigenvalue weighted by Gasteiger charge is -2.20. The van der Waals surface area contributed by atoms with Gasteiger partial charge in [-0.2, -0.15) is 8.78 Å². The fraction of sp³-hybridized carbons (Fsp3) is 0.571. The molecule has 20 heavy (non-hydrogen) atoms. The first kappa shape index (κ1) is 17.3. The maximum Gasteiger partial charge on any atom is 0.387 e. The van der Waals surface area contributed by atoms with E-state index in [1.165, 1.54) is 0 Å². The lowest BCUT2D eigenvalue weighted by Crippen LogP contribution is -2.19. The Bertz CT molecular complexity index is 401. The SMILES string of the molecule is CCCC(CCC)Nc1cc(Cl)c(OC(F)F)c(Cl)c1. The Kier molecular flexibility index (Phi) is 7.38. The Morgan fingerprint density at radius 1 is 1.10 bits per heavy atom. The van der Waals surface area contributed by atoms with Crippen molar-refractivity contribution in [3.05, 3.63) is 22.2 Å².